The third-order valence-electron chi connectivity index (χ3n) is 25.2. The highest BCUT2D eigenvalue weighted by atomic mass is 15.2. The van der Waals surface area contributed by atoms with Gasteiger partial charge in [-0.15, -0.1) is 16.4 Å². The normalized spacial score (nSPS) is 12.9. The first kappa shape index (κ1) is 82.0. The number of para-hydroxylation sites is 1. The van der Waals surface area contributed by atoms with Gasteiger partial charge in [-0.3, -0.25) is 0 Å². The Hall–Kier alpha value is -12.4. The Kier molecular flexibility index (Phi) is 20.2. The summed E-state index contributed by atoms with van der Waals surface area (Å²) in [6.45, 7) is 40.8. The number of hydrogen-bond donors (Lipinski definition) is 0. The molecule has 0 saturated heterocycles. The van der Waals surface area contributed by atoms with Crippen LogP contribution in [0.15, 0.2) is 267 Å². The van der Waals surface area contributed by atoms with E-state index in [0.717, 1.165) is 117 Å². The third kappa shape index (κ3) is 14.4. The summed E-state index contributed by atoms with van der Waals surface area (Å²) in [7, 11) is 34.7. The van der Waals surface area contributed by atoms with Gasteiger partial charge in [-0.2, -0.15) is 10.5 Å². The van der Waals surface area contributed by atoms with E-state index in [2.05, 4.69) is 363 Å². The van der Waals surface area contributed by atoms with Gasteiger partial charge in [-0.1, -0.05) is 281 Å². The molecule has 0 bridgehead atoms. The summed E-state index contributed by atoms with van der Waals surface area (Å²) in [6.07, 6.45) is 0. The van der Waals surface area contributed by atoms with Gasteiger partial charge in [0.1, 0.15) is 39.2 Å². The van der Waals surface area contributed by atoms with E-state index in [0.29, 0.717) is 33.8 Å². The maximum Gasteiger partial charge on any atom is 0.252 e. The molecule has 0 saturated carbocycles. The molecule has 586 valence electrons. The summed E-state index contributed by atoms with van der Waals surface area (Å²) in [6, 6.07) is 103. The molecule has 0 amide bonds. The molecule has 10 radical (unpaired) electrons. The van der Waals surface area contributed by atoms with Crippen molar-refractivity contribution in [1.82, 2.24) is 4.57 Å². The largest absolute Gasteiger partial charge is 0.311 e. The van der Waals surface area contributed by atoms with Crippen LogP contribution in [0.5, 0.6) is 0 Å². The van der Waals surface area contributed by atoms with Crippen molar-refractivity contribution in [2.75, 3.05) is 14.7 Å². The molecule has 0 aliphatic carbocycles. The lowest BCUT2D eigenvalue weighted by Crippen LogP contribution is -2.61. The molecule has 1 aromatic heterocycles. The van der Waals surface area contributed by atoms with Crippen LogP contribution >= 0.6 is 0 Å². The van der Waals surface area contributed by atoms with Crippen molar-refractivity contribution >= 4 is 163 Å². The molecule has 0 N–H and O–H groups in total. The topological polar surface area (TPSA) is 62.2 Å². The van der Waals surface area contributed by atoms with Gasteiger partial charge >= 0.3 is 0 Å². The van der Waals surface area contributed by atoms with Gasteiger partial charge < -0.3 is 19.3 Å². The zero-order valence-corrected chi connectivity index (χ0v) is 73.6. The number of anilines is 9. The fraction of sp³-hybridized carbons (Fsp3) is 0.218. The van der Waals surface area contributed by atoms with Gasteiger partial charge in [0.25, 0.3) is 6.71 Å². The highest BCUT2D eigenvalue weighted by Gasteiger charge is 2.46. The van der Waals surface area contributed by atoms with E-state index >= 15 is 0 Å². The average Bonchev–Trinajstić information content (AvgIpc) is 0.700. The van der Waals surface area contributed by atoms with E-state index in [4.69, 9.17) is 39.2 Å². The van der Waals surface area contributed by atoms with E-state index in [1.54, 1.807) is 0 Å². The van der Waals surface area contributed by atoms with Gasteiger partial charge in [0.05, 0.1) is 51.4 Å². The minimum Gasteiger partial charge on any atom is -0.311 e. The molecule has 14 aromatic carbocycles. The van der Waals surface area contributed by atoms with Crippen LogP contribution in [0.25, 0.3) is 83.1 Å². The number of nitrogens with zero attached hydrogens (tertiary/aromatic N) is 6. The number of benzene rings is 14. The van der Waals surface area contributed by atoms with Gasteiger partial charge in [0.2, 0.25) is 0 Å². The SMILES string of the molecule is [B]c1c([B])c([B])c(N(c2ccccc2)c2ccc(C#N)cc2-c2ccc3c(c2)N(c2ccc(C(C)(C)C)cc2-c2ccccc2)c2cc(-c4cc(C(C)(C)C)cc(C(C)(C)C)c4)cc4c2B3c2ccc(-c3cc(-n5c6ccc(C(C)(C)C)cc6c6cc(C(C)(C)C)ccc65)ccc3C#N)cc2N4c2ccc(C(C)(C)C)cc2-c2ccccc2)c([B])c1[B]. The summed E-state index contributed by atoms with van der Waals surface area (Å²) in [4.78, 5) is 7.09. The van der Waals surface area contributed by atoms with Gasteiger partial charge in [-0.05, 0) is 237 Å². The first-order valence-corrected chi connectivity index (χ1v) is 42.5. The molecule has 0 unspecified atom stereocenters. The first-order valence-electron chi connectivity index (χ1n) is 42.5. The summed E-state index contributed by atoms with van der Waals surface area (Å²) >= 11 is 0. The van der Waals surface area contributed by atoms with Crippen molar-refractivity contribution < 1.29 is 0 Å². The maximum atomic E-state index is 11.7. The summed E-state index contributed by atoms with van der Waals surface area (Å²) in [5, 5.41) is 25.3. The second-order valence-electron chi connectivity index (χ2n) is 39.6. The summed E-state index contributed by atoms with van der Waals surface area (Å²) in [5.74, 6) is 0. The molecular formula is C110H98B6N6. The monoisotopic (exact) mass is 1570 g/mol. The predicted octanol–water partition coefficient (Wildman–Crippen LogP) is 22.2. The lowest BCUT2D eigenvalue weighted by molar-refractivity contribution is 0.569. The van der Waals surface area contributed by atoms with Crippen LogP contribution in [0.2, 0.25) is 0 Å². The summed E-state index contributed by atoms with van der Waals surface area (Å²) < 4.78 is 2.40. The lowest BCUT2D eigenvalue weighted by atomic mass is 9.33. The van der Waals surface area contributed by atoms with Gasteiger partial charge in [-0.25, -0.2) is 0 Å². The zero-order valence-electron chi connectivity index (χ0n) is 73.6. The molecule has 6 nitrogen and oxygen atoms in total. The van der Waals surface area contributed by atoms with Crippen molar-refractivity contribution in [1.29, 1.82) is 10.5 Å². The summed E-state index contributed by atoms with van der Waals surface area (Å²) in [5.41, 5.74) is 31.3. The quantitative estimate of drug-likeness (QED) is 0.121. The molecule has 3 heterocycles. The number of nitriles is 2. The molecule has 2 aliphatic heterocycles. The minimum absolute atomic E-state index is 0.0938. The van der Waals surface area contributed by atoms with Crippen molar-refractivity contribution in [2.45, 2.75) is 157 Å². The standard InChI is InChI=1S/C110H98B6N6/c1-105(2,3)73-38-46-90(83(58-73)66-28-22-19-23-29-66)121-94-53-68(81-62-80(42-35-70(81)64-118)119-92-48-40-75(107(7,8)9)60-85(92)86-61-76(108(10,11)12)41-49-93(86)119)36-43-87(94)116-88-44-37-69(82-50-65(63-117)34-45-89(82)120(79-32-26-21-27-33-79)104-101(114)99(112)98(111)100(113)102(104)115)54-95(88)122(91-47-39-74(106(4,5)6)59-84(91)67-30-24-20-25-31-67)97-56-72(55-96(121)103(97)116)71-51-77(109(13,14)15)57-78(52-71)110(16,17)18/h19-62H,1-18H3. The van der Waals surface area contributed by atoms with E-state index in [1.165, 1.54) is 44.2 Å². The highest BCUT2D eigenvalue weighted by molar-refractivity contribution is 7.00. The smallest absolute Gasteiger partial charge is 0.252 e. The molecule has 0 spiro atoms. The van der Waals surface area contributed by atoms with Crippen LogP contribution in [0.3, 0.4) is 0 Å². The number of aromatic nitrogens is 1. The Morgan fingerprint density at radius 2 is 0.713 bits per heavy atom. The van der Waals surface area contributed by atoms with E-state index < -0.39 is 6.71 Å². The van der Waals surface area contributed by atoms with Crippen LogP contribution in [0.4, 0.5) is 51.2 Å². The number of hydrogen-bond acceptors (Lipinski definition) is 5. The Morgan fingerprint density at radius 1 is 0.303 bits per heavy atom. The second-order valence-corrected chi connectivity index (χ2v) is 39.6. The molecular weight excluding hydrogens is 1470 g/mol. The zero-order chi connectivity index (χ0) is 86.5. The molecule has 122 heavy (non-hydrogen) atoms. The van der Waals surface area contributed by atoms with E-state index in [9.17, 15) is 10.5 Å². The maximum absolute atomic E-state index is 11.7. The fourth-order valence-corrected chi connectivity index (χ4v) is 18.1. The first-order chi connectivity index (χ1) is 57.8. The molecule has 15 aromatic rings. The van der Waals surface area contributed by atoms with Gasteiger partial charge in [0.15, 0.2) is 0 Å². The lowest BCUT2D eigenvalue weighted by Gasteiger charge is -2.45. The Labute approximate surface area is 729 Å². The number of fused-ring (bicyclic) bond motifs is 7. The van der Waals surface area contributed by atoms with Crippen LogP contribution < -0.4 is 58.4 Å². The predicted molar refractivity (Wildman–Crippen MR) is 525 cm³/mol. The highest BCUT2D eigenvalue weighted by Crippen LogP contribution is 2.54. The van der Waals surface area contributed by atoms with Crippen LogP contribution in [0.1, 0.15) is 169 Å². The molecule has 0 atom stereocenters. The van der Waals surface area contributed by atoms with Crippen molar-refractivity contribution in [3.05, 3.63) is 311 Å². The van der Waals surface area contributed by atoms with E-state index in [1.807, 2.05) is 59.5 Å². The fourth-order valence-electron chi connectivity index (χ4n) is 18.1. The van der Waals surface area contributed by atoms with Crippen LogP contribution in [0, 0.1) is 22.7 Å². The Bertz CT molecular complexity index is 6730. The minimum atomic E-state index is -0.440. The molecule has 12 heteroatoms. The van der Waals surface area contributed by atoms with Crippen molar-refractivity contribution in [3.63, 3.8) is 0 Å². The van der Waals surface area contributed by atoms with E-state index in [-0.39, 0.29) is 59.8 Å². The second kappa shape index (κ2) is 30.1. The van der Waals surface area contributed by atoms with Crippen LogP contribution in [-0.2, 0) is 32.5 Å². The molecule has 0 fully saturated rings. The number of rotatable bonds is 11. The van der Waals surface area contributed by atoms with Gasteiger partial charge in [0, 0.05) is 72.8 Å². The molecule has 2 aliphatic rings. The van der Waals surface area contributed by atoms with Crippen LogP contribution in [-0.4, -0.2) is 50.5 Å². The third-order valence-corrected chi connectivity index (χ3v) is 25.2. The molecule has 17 rings (SSSR count). The Balaban J connectivity index is 1.02. The van der Waals surface area contributed by atoms with Crippen molar-refractivity contribution in [2.24, 2.45) is 0 Å². The average molecular weight is 1570 g/mol. The van der Waals surface area contributed by atoms with Crippen molar-refractivity contribution in [3.8, 4) is 73.5 Å². The Morgan fingerprint density at radius 3 is 1.16 bits per heavy atom.